The maximum atomic E-state index is 12.6. The molecule has 4 nitrogen and oxygen atoms in total. The van der Waals surface area contributed by atoms with Crippen LogP contribution in [0.5, 0.6) is 0 Å². The molecule has 0 radical (unpaired) electrons. The van der Waals surface area contributed by atoms with Crippen molar-refractivity contribution in [3.05, 3.63) is 12.2 Å². The van der Waals surface area contributed by atoms with Gasteiger partial charge in [-0.25, -0.2) is 0 Å². The number of rotatable bonds is 4. The van der Waals surface area contributed by atoms with Crippen LogP contribution in [-0.2, 0) is 19.1 Å². The standard InChI is InChI=1S/C20H34O4/c1-3-23-18(21)20(19(22)24-4-2)16-14-12-10-8-6-5-7-9-11-13-15-17-20/h5-6H,3-4,7-17H2,1-2H3/b6-5+. The van der Waals surface area contributed by atoms with Gasteiger partial charge in [0.05, 0.1) is 13.2 Å². The lowest BCUT2D eigenvalue weighted by Gasteiger charge is -2.29. The van der Waals surface area contributed by atoms with E-state index in [0.29, 0.717) is 26.1 Å². The fourth-order valence-electron chi connectivity index (χ4n) is 3.30. The number of esters is 2. The molecule has 0 bridgehead atoms. The highest BCUT2D eigenvalue weighted by atomic mass is 16.6. The zero-order chi connectivity index (χ0) is 17.7. The van der Waals surface area contributed by atoms with Crippen LogP contribution < -0.4 is 0 Å². The molecule has 0 saturated heterocycles. The Hall–Kier alpha value is -1.32. The van der Waals surface area contributed by atoms with Crippen LogP contribution in [0.25, 0.3) is 0 Å². The quantitative estimate of drug-likeness (QED) is 0.413. The molecular weight excluding hydrogens is 304 g/mol. The van der Waals surface area contributed by atoms with E-state index in [2.05, 4.69) is 12.2 Å². The van der Waals surface area contributed by atoms with E-state index in [9.17, 15) is 9.59 Å². The molecule has 1 rings (SSSR count). The van der Waals surface area contributed by atoms with Gasteiger partial charge in [0.15, 0.2) is 5.41 Å². The summed E-state index contributed by atoms with van der Waals surface area (Å²) in [5.41, 5.74) is -1.11. The minimum atomic E-state index is -1.11. The van der Waals surface area contributed by atoms with Gasteiger partial charge in [-0.3, -0.25) is 9.59 Å². The lowest BCUT2D eigenvalue weighted by atomic mass is 9.77. The van der Waals surface area contributed by atoms with Crippen LogP contribution in [0, 0.1) is 5.41 Å². The number of hydrogen-bond acceptors (Lipinski definition) is 4. The van der Waals surface area contributed by atoms with Gasteiger partial charge >= 0.3 is 11.9 Å². The summed E-state index contributed by atoms with van der Waals surface area (Å²) in [4.78, 5) is 25.3. The maximum Gasteiger partial charge on any atom is 0.323 e. The smallest absolute Gasteiger partial charge is 0.323 e. The Morgan fingerprint density at radius 2 is 1.17 bits per heavy atom. The summed E-state index contributed by atoms with van der Waals surface area (Å²) in [6, 6.07) is 0. The van der Waals surface area contributed by atoms with Gasteiger partial charge in [0.2, 0.25) is 0 Å². The minimum absolute atomic E-state index is 0.296. The molecule has 4 heteroatoms. The summed E-state index contributed by atoms with van der Waals surface area (Å²) >= 11 is 0. The Labute approximate surface area is 147 Å². The minimum Gasteiger partial charge on any atom is -0.465 e. The summed E-state index contributed by atoms with van der Waals surface area (Å²) < 4.78 is 10.5. The molecule has 0 fully saturated rings. The number of carbonyl (C=O) groups excluding carboxylic acids is 2. The second-order valence-corrected chi connectivity index (χ2v) is 6.55. The summed E-state index contributed by atoms with van der Waals surface area (Å²) in [5, 5.41) is 0. The third-order valence-electron chi connectivity index (χ3n) is 4.70. The number of ether oxygens (including phenoxy) is 2. The van der Waals surface area contributed by atoms with E-state index in [-0.39, 0.29) is 0 Å². The molecule has 0 spiro atoms. The van der Waals surface area contributed by atoms with Crippen LogP contribution in [-0.4, -0.2) is 25.2 Å². The summed E-state index contributed by atoms with van der Waals surface area (Å²) in [5.74, 6) is -0.786. The van der Waals surface area contributed by atoms with Gasteiger partial charge in [0, 0.05) is 0 Å². The van der Waals surface area contributed by atoms with Crippen molar-refractivity contribution in [1.29, 1.82) is 0 Å². The molecular formula is C20H34O4. The molecule has 138 valence electrons. The summed E-state index contributed by atoms with van der Waals surface area (Å²) in [7, 11) is 0. The maximum absolute atomic E-state index is 12.6. The third kappa shape index (κ3) is 6.66. The van der Waals surface area contributed by atoms with Crippen molar-refractivity contribution in [1.82, 2.24) is 0 Å². The Balaban J connectivity index is 2.88. The highest BCUT2D eigenvalue weighted by Gasteiger charge is 2.47. The first-order chi connectivity index (χ1) is 11.7. The fourth-order valence-corrected chi connectivity index (χ4v) is 3.30. The van der Waals surface area contributed by atoms with Crippen LogP contribution >= 0.6 is 0 Å². The molecule has 0 amide bonds. The Morgan fingerprint density at radius 1 is 0.750 bits per heavy atom. The largest absolute Gasteiger partial charge is 0.465 e. The van der Waals surface area contributed by atoms with E-state index in [1.54, 1.807) is 13.8 Å². The molecule has 0 unspecified atom stereocenters. The highest BCUT2D eigenvalue weighted by molar-refractivity contribution is 6.00. The number of allylic oxidation sites excluding steroid dienone is 2. The van der Waals surface area contributed by atoms with Crippen molar-refractivity contribution in [3.63, 3.8) is 0 Å². The molecule has 1 aliphatic rings. The van der Waals surface area contributed by atoms with Gasteiger partial charge in [-0.05, 0) is 52.4 Å². The number of hydrogen-bond donors (Lipinski definition) is 0. The second-order valence-electron chi connectivity index (χ2n) is 6.55. The van der Waals surface area contributed by atoms with Gasteiger partial charge in [0.1, 0.15) is 0 Å². The summed E-state index contributed by atoms with van der Waals surface area (Å²) in [6.07, 6.45) is 15.0. The first-order valence-electron chi connectivity index (χ1n) is 9.66. The van der Waals surface area contributed by atoms with Gasteiger partial charge in [-0.1, -0.05) is 44.3 Å². The van der Waals surface area contributed by atoms with Gasteiger partial charge in [-0.2, -0.15) is 0 Å². The Kier molecular flexibility index (Phi) is 10.4. The van der Waals surface area contributed by atoms with Crippen molar-refractivity contribution >= 4 is 11.9 Å². The van der Waals surface area contributed by atoms with Crippen LogP contribution in [0.3, 0.4) is 0 Å². The first-order valence-corrected chi connectivity index (χ1v) is 9.66. The van der Waals surface area contributed by atoms with Gasteiger partial charge < -0.3 is 9.47 Å². The Morgan fingerprint density at radius 3 is 1.62 bits per heavy atom. The van der Waals surface area contributed by atoms with E-state index < -0.39 is 17.4 Å². The van der Waals surface area contributed by atoms with E-state index >= 15 is 0 Å². The van der Waals surface area contributed by atoms with Crippen LogP contribution in [0.4, 0.5) is 0 Å². The lowest BCUT2D eigenvalue weighted by molar-refractivity contribution is -0.173. The zero-order valence-electron chi connectivity index (χ0n) is 15.5. The van der Waals surface area contributed by atoms with E-state index in [1.165, 1.54) is 6.42 Å². The van der Waals surface area contributed by atoms with Gasteiger partial charge in [0.25, 0.3) is 0 Å². The molecule has 0 aromatic carbocycles. The van der Waals surface area contributed by atoms with Gasteiger partial charge in [-0.15, -0.1) is 0 Å². The molecule has 0 saturated carbocycles. The molecule has 0 aromatic heterocycles. The zero-order valence-corrected chi connectivity index (χ0v) is 15.5. The Bertz CT molecular complexity index is 382. The fraction of sp³-hybridized carbons (Fsp3) is 0.800. The first kappa shape index (κ1) is 20.7. The highest BCUT2D eigenvalue weighted by Crippen LogP contribution is 2.35. The van der Waals surface area contributed by atoms with E-state index in [1.807, 2.05) is 0 Å². The summed E-state index contributed by atoms with van der Waals surface area (Å²) in [6.45, 7) is 4.16. The number of carbonyl (C=O) groups is 2. The van der Waals surface area contributed by atoms with Crippen LogP contribution in [0.15, 0.2) is 12.2 Å². The van der Waals surface area contributed by atoms with Crippen molar-refractivity contribution in [2.24, 2.45) is 5.41 Å². The van der Waals surface area contributed by atoms with Crippen molar-refractivity contribution in [2.75, 3.05) is 13.2 Å². The molecule has 0 atom stereocenters. The predicted molar refractivity (Wildman–Crippen MR) is 95.6 cm³/mol. The van der Waals surface area contributed by atoms with E-state index in [0.717, 1.165) is 51.4 Å². The van der Waals surface area contributed by atoms with E-state index in [4.69, 9.17) is 9.47 Å². The third-order valence-corrected chi connectivity index (χ3v) is 4.70. The normalized spacial score (nSPS) is 21.2. The molecule has 24 heavy (non-hydrogen) atoms. The average molecular weight is 338 g/mol. The molecule has 0 N–H and O–H groups in total. The van der Waals surface area contributed by atoms with Crippen molar-refractivity contribution in [3.8, 4) is 0 Å². The molecule has 0 aliphatic heterocycles. The lowest BCUT2D eigenvalue weighted by Crippen LogP contribution is -2.42. The van der Waals surface area contributed by atoms with Crippen molar-refractivity contribution < 1.29 is 19.1 Å². The molecule has 0 aromatic rings. The van der Waals surface area contributed by atoms with Crippen LogP contribution in [0.2, 0.25) is 0 Å². The second kappa shape index (κ2) is 12.1. The van der Waals surface area contributed by atoms with Crippen molar-refractivity contribution in [2.45, 2.75) is 84.5 Å². The molecule has 1 aliphatic carbocycles. The molecule has 0 heterocycles. The van der Waals surface area contributed by atoms with Crippen LogP contribution in [0.1, 0.15) is 84.5 Å². The predicted octanol–water partition coefficient (Wildman–Crippen LogP) is 4.96. The SMILES string of the molecule is CCOC(=O)C1(C(=O)OCC)CCCCC/C=C/CCCCCC1. The monoisotopic (exact) mass is 338 g/mol. The topological polar surface area (TPSA) is 52.6 Å². The average Bonchev–Trinajstić information content (AvgIpc) is 2.57.